The second-order valence-corrected chi connectivity index (χ2v) is 4.31. The van der Waals surface area contributed by atoms with Gasteiger partial charge in [-0.25, -0.2) is 0 Å². The van der Waals surface area contributed by atoms with Crippen molar-refractivity contribution >= 4 is 0 Å². The molecular weight excluding hydrogens is 174 g/mol. The van der Waals surface area contributed by atoms with Gasteiger partial charge in [0.25, 0.3) is 0 Å². The highest BCUT2D eigenvalue weighted by Gasteiger charge is 2.28. The SMILES string of the molecule is CCCCNCCC1CC(OCC)C1. The zero-order valence-corrected chi connectivity index (χ0v) is 9.72. The fraction of sp³-hybridized carbons (Fsp3) is 1.00. The van der Waals surface area contributed by atoms with E-state index >= 15 is 0 Å². The highest BCUT2D eigenvalue weighted by Crippen LogP contribution is 2.32. The normalized spacial score (nSPS) is 26.1. The molecular formula is C12H25NO. The number of ether oxygens (including phenoxy) is 1. The van der Waals surface area contributed by atoms with E-state index in [4.69, 9.17) is 4.74 Å². The molecule has 0 atom stereocenters. The number of unbranched alkanes of at least 4 members (excludes halogenated alkanes) is 1. The molecule has 0 bridgehead atoms. The van der Waals surface area contributed by atoms with Gasteiger partial charge >= 0.3 is 0 Å². The molecule has 0 saturated heterocycles. The van der Waals surface area contributed by atoms with Crippen LogP contribution in [0.25, 0.3) is 0 Å². The summed E-state index contributed by atoms with van der Waals surface area (Å²) in [6.45, 7) is 7.59. The van der Waals surface area contributed by atoms with Gasteiger partial charge < -0.3 is 10.1 Å². The molecule has 0 amide bonds. The maximum atomic E-state index is 5.53. The molecule has 84 valence electrons. The Labute approximate surface area is 88.4 Å². The summed E-state index contributed by atoms with van der Waals surface area (Å²) >= 11 is 0. The molecule has 1 rings (SSSR count). The maximum absolute atomic E-state index is 5.53. The van der Waals surface area contributed by atoms with Gasteiger partial charge in [0, 0.05) is 6.61 Å². The summed E-state index contributed by atoms with van der Waals surface area (Å²) in [4.78, 5) is 0. The van der Waals surface area contributed by atoms with Crippen LogP contribution in [0.2, 0.25) is 0 Å². The lowest BCUT2D eigenvalue weighted by Crippen LogP contribution is -2.33. The largest absolute Gasteiger partial charge is 0.378 e. The molecule has 0 aromatic rings. The lowest BCUT2D eigenvalue weighted by atomic mass is 9.80. The van der Waals surface area contributed by atoms with Crippen LogP contribution >= 0.6 is 0 Å². The summed E-state index contributed by atoms with van der Waals surface area (Å²) in [5.41, 5.74) is 0. The Bertz CT molecular complexity index is 132. The van der Waals surface area contributed by atoms with Crippen molar-refractivity contribution in [1.82, 2.24) is 5.32 Å². The molecule has 1 aliphatic carbocycles. The second-order valence-electron chi connectivity index (χ2n) is 4.31. The molecule has 1 saturated carbocycles. The summed E-state index contributed by atoms with van der Waals surface area (Å²) in [5, 5.41) is 3.49. The van der Waals surface area contributed by atoms with Crippen LogP contribution in [0.5, 0.6) is 0 Å². The van der Waals surface area contributed by atoms with Gasteiger partial charge in [0.1, 0.15) is 0 Å². The fourth-order valence-electron chi connectivity index (χ4n) is 2.01. The first kappa shape index (κ1) is 12.0. The van der Waals surface area contributed by atoms with Gasteiger partial charge in [-0.1, -0.05) is 13.3 Å². The molecule has 0 aliphatic heterocycles. The first-order valence-corrected chi connectivity index (χ1v) is 6.19. The molecule has 0 heterocycles. The van der Waals surface area contributed by atoms with Crippen LogP contribution in [-0.4, -0.2) is 25.8 Å². The van der Waals surface area contributed by atoms with Crippen LogP contribution in [0, 0.1) is 5.92 Å². The highest BCUT2D eigenvalue weighted by atomic mass is 16.5. The van der Waals surface area contributed by atoms with Crippen LogP contribution in [-0.2, 0) is 4.74 Å². The van der Waals surface area contributed by atoms with Gasteiger partial charge in [-0.05, 0) is 51.6 Å². The summed E-state index contributed by atoms with van der Waals surface area (Å²) in [6, 6.07) is 0. The summed E-state index contributed by atoms with van der Waals surface area (Å²) in [5.74, 6) is 0.931. The predicted molar refractivity (Wildman–Crippen MR) is 60.5 cm³/mol. The zero-order valence-electron chi connectivity index (χ0n) is 9.72. The molecule has 0 radical (unpaired) electrons. The number of rotatable bonds is 8. The fourth-order valence-corrected chi connectivity index (χ4v) is 2.01. The monoisotopic (exact) mass is 199 g/mol. The molecule has 1 N–H and O–H groups in total. The Kier molecular flexibility index (Phi) is 6.20. The van der Waals surface area contributed by atoms with E-state index in [9.17, 15) is 0 Å². The Morgan fingerprint density at radius 2 is 2.00 bits per heavy atom. The molecule has 0 unspecified atom stereocenters. The Morgan fingerprint density at radius 3 is 2.64 bits per heavy atom. The van der Waals surface area contributed by atoms with Gasteiger partial charge in [-0.2, -0.15) is 0 Å². The maximum Gasteiger partial charge on any atom is 0.0580 e. The third-order valence-corrected chi connectivity index (χ3v) is 3.03. The third kappa shape index (κ3) is 4.43. The predicted octanol–water partition coefficient (Wildman–Crippen LogP) is 2.58. The second kappa shape index (κ2) is 7.24. The molecule has 1 aliphatic rings. The topological polar surface area (TPSA) is 21.3 Å². The van der Waals surface area contributed by atoms with Crippen LogP contribution in [0.4, 0.5) is 0 Å². The van der Waals surface area contributed by atoms with Crippen molar-refractivity contribution in [2.45, 2.75) is 52.1 Å². The number of hydrogen-bond donors (Lipinski definition) is 1. The Hall–Kier alpha value is -0.0800. The van der Waals surface area contributed by atoms with Crippen molar-refractivity contribution < 1.29 is 4.74 Å². The minimum Gasteiger partial charge on any atom is -0.378 e. The number of hydrogen-bond acceptors (Lipinski definition) is 2. The lowest BCUT2D eigenvalue weighted by molar-refractivity contribution is -0.0262. The van der Waals surface area contributed by atoms with Crippen molar-refractivity contribution in [1.29, 1.82) is 0 Å². The molecule has 0 aromatic heterocycles. The third-order valence-electron chi connectivity index (χ3n) is 3.03. The van der Waals surface area contributed by atoms with Crippen LogP contribution < -0.4 is 5.32 Å². The van der Waals surface area contributed by atoms with Crippen molar-refractivity contribution in [3.63, 3.8) is 0 Å². The first-order chi connectivity index (χ1) is 6.86. The van der Waals surface area contributed by atoms with Crippen molar-refractivity contribution in [2.75, 3.05) is 19.7 Å². The van der Waals surface area contributed by atoms with Gasteiger partial charge in [0.05, 0.1) is 6.10 Å². The van der Waals surface area contributed by atoms with Gasteiger partial charge in [0.15, 0.2) is 0 Å². The van der Waals surface area contributed by atoms with Gasteiger partial charge in [-0.3, -0.25) is 0 Å². The average molecular weight is 199 g/mol. The summed E-state index contributed by atoms with van der Waals surface area (Å²) < 4.78 is 5.53. The van der Waals surface area contributed by atoms with E-state index in [1.54, 1.807) is 0 Å². The number of nitrogens with one attached hydrogen (secondary N) is 1. The van der Waals surface area contributed by atoms with Crippen molar-refractivity contribution in [3.05, 3.63) is 0 Å². The lowest BCUT2D eigenvalue weighted by Gasteiger charge is -2.35. The Morgan fingerprint density at radius 1 is 1.21 bits per heavy atom. The Balaban J connectivity index is 1.81. The highest BCUT2D eigenvalue weighted by molar-refractivity contribution is 4.80. The van der Waals surface area contributed by atoms with Crippen molar-refractivity contribution in [3.8, 4) is 0 Å². The van der Waals surface area contributed by atoms with Crippen molar-refractivity contribution in [2.24, 2.45) is 5.92 Å². The molecule has 1 fully saturated rings. The molecule has 0 aromatic carbocycles. The molecule has 14 heavy (non-hydrogen) atoms. The molecule has 2 nitrogen and oxygen atoms in total. The minimum absolute atomic E-state index is 0.584. The zero-order chi connectivity index (χ0) is 10.2. The van der Waals surface area contributed by atoms with E-state index in [0.717, 1.165) is 12.5 Å². The van der Waals surface area contributed by atoms with E-state index in [2.05, 4.69) is 19.2 Å². The van der Waals surface area contributed by atoms with E-state index in [0.29, 0.717) is 6.10 Å². The average Bonchev–Trinajstić information content (AvgIpc) is 2.13. The molecule has 2 heteroatoms. The smallest absolute Gasteiger partial charge is 0.0580 e. The first-order valence-electron chi connectivity index (χ1n) is 6.19. The summed E-state index contributed by atoms with van der Waals surface area (Å²) in [7, 11) is 0. The van der Waals surface area contributed by atoms with E-state index in [1.165, 1.54) is 45.2 Å². The van der Waals surface area contributed by atoms with Crippen LogP contribution in [0.3, 0.4) is 0 Å². The van der Waals surface area contributed by atoms with E-state index < -0.39 is 0 Å². The van der Waals surface area contributed by atoms with Gasteiger partial charge in [-0.15, -0.1) is 0 Å². The van der Waals surface area contributed by atoms with Crippen LogP contribution in [0.15, 0.2) is 0 Å². The van der Waals surface area contributed by atoms with Crippen LogP contribution in [0.1, 0.15) is 46.0 Å². The molecule has 0 spiro atoms. The van der Waals surface area contributed by atoms with E-state index in [1.807, 2.05) is 0 Å². The standard InChI is InChI=1S/C12H25NO/c1-3-5-7-13-8-6-11-9-12(10-11)14-4-2/h11-13H,3-10H2,1-2H3. The quantitative estimate of drug-likeness (QED) is 0.607. The summed E-state index contributed by atoms with van der Waals surface area (Å²) in [6.07, 6.45) is 7.12. The van der Waals surface area contributed by atoms with Gasteiger partial charge in [0.2, 0.25) is 0 Å². The van der Waals surface area contributed by atoms with E-state index in [-0.39, 0.29) is 0 Å². The minimum atomic E-state index is 0.584.